The average molecular weight is 417 g/mol. The normalized spacial score (nSPS) is 11.7. The number of carbonyl (C=O) groups is 1. The van der Waals surface area contributed by atoms with E-state index in [1.54, 1.807) is 0 Å². The van der Waals surface area contributed by atoms with Crippen LogP contribution >= 0.6 is 11.6 Å². The van der Waals surface area contributed by atoms with Gasteiger partial charge < -0.3 is 5.11 Å². The Kier molecular flexibility index (Phi) is 16.5. The quantitative estimate of drug-likeness (QED) is 0.150. The standard InChI is InChI=1S/C17H25ClO2.C5H5.Fe/c18-17(20)14-8-6-4-2-1-3-5-7-13-16(19)15-11-9-10-12-15;1-2-4-5-3-1;/h9-12,19H,1-8,13-14H2;1-5H;/q;-1;+2/p-1. The molecule has 0 amide bonds. The molecule has 0 saturated carbocycles. The van der Waals surface area contributed by atoms with Crippen molar-refractivity contribution >= 4 is 16.8 Å². The molecule has 1 aliphatic carbocycles. The van der Waals surface area contributed by atoms with Crippen LogP contribution in [0.5, 0.6) is 0 Å². The van der Waals surface area contributed by atoms with Crippen molar-refractivity contribution in [3.05, 3.63) is 66.0 Å². The van der Waals surface area contributed by atoms with E-state index >= 15 is 0 Å². The minimum Gasteiger partial charge on any atom is -0.875 e. The number of hydrogen-bond acceptors (Lipinski definition) is 2. The van der Waals surface area contributed by atoms with Crippen LogP contribution in [0.25, 0.3) is 0 Å². The summed E-state index contributed by atoms with van der Waals surface area (Å²) in [7, 11) is 0. The largest absolute Gasteiger partial charge is 2.00 e. The Labute approximate surface area is 173 Å². The summed E-state index contributed by atoms with van der Waals surface area (Å²) in [6.07, 6.45) is 17.7. The van der Waals surface area contributed by atoms with Crippen LogP contribution in [0.1, 0.15) is 64.2 Å². The zero-order chi connectivity index (χ0) is 18.2. The Morgan fingerprint density at radius 3 is 1.73 bits per heavy atom. The van der Waals surface area contributed by atoms with E-state index in [1.807, 2.05) is 54.6 Å². The van der Waals surface area contributed by atoms with Gasteiger partial charge in [-0.05, 0) is 30.0 Å². The van der Waals surface area contributed by atoms with Crippen LogP contribution in [0.15, 0.2) is 66.0 Å². The molecule has 1 aromatic carbocycles. The Hall–Kier alpha value is -1.15. The van der Waals surface area contributed by atoms with Gasteiger partial charge in [0, 0.05) is 6.42 Å². The zero-order valence-electron chi connectivity index (χ0n) is 15.3. The van der Waals surface area contributed by atoms with Gasteiger partial charge >= 0.3 is 17.1 Å². The predicted molar refractivity (Wildman–Crippen MR) is 104 cm³/mol. The second-order valence-corrected chi connectivity index (χ2v) is 6.66. The Morgan fingerprint density at radius 1 is 0.846 bits per heavy atom. The number of halogens is 1. The average Bonchev–Trinajstić information content (AvgIpc) is 3.32. The van der Waals surface area contributed by atoms with Crippen molar-refractivity contribution in [3.63, 3.8) is 0 Å². The molecule has 26 heavy (non-hydrogen) atoms. The number of carbonyl (C=O) groups excluding carboxylic acids is 1. The molecule has 4 heteroatoms. The van der Waals surface area contributed by atoms with Gasteiger partial charge in [0.25, 0.3) is 0 Å². The molecule has 0 saturated heterocycles. The summed E-state index contributed by atoms with van der Waals surface area (Å²) in [4.78, 5) is 10.5. The van der Waals surface area contributed by atoms with Gasteiger partial charge in [-0.2, -0.15) is 18.2 Å². The molecule has 0 radical (unpaired) electrons. The first-order valence-electron chi connectivity index (χ1n) is 9.30. The fraction of sp³-hybridized carbons (Fsp3) is 0.455. The summed E-state index contributed by atoms with van der Waals surface area (Å²) in [5.74, 6) is 0.265. The van der Waals surface area contributed by atoms with Crippen molar-refractivity contribution in [1.29, 1.82) is 0 Å². The molecule has 2 rings (SSSR count). The fourth-order valence-corrected chi connectivity index (χ4v) is 2.77. The second-order valence-electron chi connectivity index (χ2n) is 6.24. The summed E-state index contributed by atoms with van der Waals surface area (Å²) in [5.41, 5.74) is 0.846. The van der Waals surface area contributed by atoms with Crippen LogP contribution in [-0.4, -0.2) is 5.24 Å². The van der Waals surface area contributed by atoms with E-state index in [4.69, 9.17) is 11.6 Å². The molecule has 0 fully saturated rings. The SMILES string of the molecule is O=C(Cl)CCCCCCCCCCC([O-])=C1C=CC=C1.[Fe+2].c1cc[cH-]c1. The molecule has 2 nitrogen and oxygen atoms in total. The first kappa shape index (κ1) is 24.8. The third-order valence-corrected chi connectivity index (χ3v) is 4.26. The van der Waals surface area contributed by atoms with Gasteiger partial charge in [0.2, 0.25) is 5.24 Å². The summed E-state index contributed by atoms with van der Waals surface area (Å²) < 4.78 is 0. The molecular formula is C22H29ClFeO2. The minimum absolute atomic E-state index is 0. The van der Waals surface area contributed by atoms with E-state index in [2.05, 4.69) is 0 Å². The van der Waals surface area contributed by atoms with E-state index in [0.29, 0.717) is 12.8 Å². The third kappa shape index (κ3) is 14.1. The summed E-state index contributed by atoms with van der Waals surface area (Å²) in [5, 5.41) is 11.5. The molecule has 0 bridgehead atoms. The van der Waals surface area contributed by atoms with Gasteiger partial charge in [0.05, 0.1) is 0 Å². The zero-order valence-corrected chi connectivity index (χ0v) is 17.2. The summed E-state index contributed by atoms with van der Waals surface area (Å²) >= 11 is 5.27. The fourth-order valence-electron chi connectivity index (χ4n) is 2.64. The van der Waals surface area contributed by atoms with Crippen molar-refractivity contribution in [2.24, 2.45) is 0 Å². The first-order valence-corrected chi connectivity index (χ1v) is 9.68. The Balaban J connectivity index is 0.000000893. The number of rotatable bonds is 11. The third-order valence-electron chi connectivity index (χ3n) is 4.07. The molecule has 0 spiro atoms. The molecule has 1 aromatic rings. The number of hydrogen-bond donors (Lipinski definition) is 0. The Bertz CT molecular complexity index is 513. The Morgan fingerprint density at radius 2 is 1.31 bits per heavy atom. The predicted octanol–water partition coefficient (Wildman–Crippen LogP) is 5.80. The maximum atomic E-state index is 11.7. The molecular weight excluding hydrogens is 388 g/mol. The van der Waals surface area contributed by atoms with Gasteiger partial charge in [0.1, 0.15) is 0 Å². The van der Waals surface area contributed by atoms with Crippen LogP contribution < -0.4 is 5.11 Å². The van der Waals surface area contributed by atoms with Gasteiger partial charge in [-0.3, -0.25) is 4.79 Å². The van der Waals surface area contributed by atoms with Gasteiger partial charge in [0.15, 0.2) is 0 Å². The molecule has 0 N–H and O–H groups in total. The van der Waals surface area contributed by atoms with E-state index < -0.39 is 0 Å². The summed E-state index contributed by atoms with van der Waals surface area (Å²) in [6.45, 7) is 0. The first-order chi connectivity index (χ1) is 12.2. The summed E-state index contributed by atoms with van der Waals surface area (Å²) in [6, 6.07) is 10.0. The van der Waals surface area contributed by atoms with E-state index in [9.17, 15) is 9.90 Å². The molecule has 0 unspecified atom stereocenters. The maximum Gasteiger partial charge on any atom is 2.00 e. The minimum atomic E-state index is -0.223. The molecule has 1 aliphatic rings. The van der Waals surface area contributed by atoms with Crippen molar-refractivity contribution in [1.82, 2.24) is 0 Å². The molecule has 0 heterocycles. The topological polar surface area (TPSA) is 40.1 Å². The monoisotopic (exact) mass is 416 g/mol. The van der Waals surface area contributed by atoms with Crippen molar-refractivity contribution in [2.75, 3.05) is 0 Å². The van der Waals surface area contributed by atoms with Crippen LogP contribution in [0.2, 0.25) is 0 Å². The molecule has 0 aromatic heterocycles. The molecule has 0 atom stereocenters. The maximum absolute atomic E-state index is 11.7. The van der Waals surface area contributed by atoms with Crippen LogP contribution in [0.4, 0.5) is 0 Å². The van der Waals surface area contributed by atoms with Crippen LogP contribution in [0, 0.1) is 0 Å². The van der Waals surface area contributed by atoms with Crippen LogP contribution in [-0.2, 0) is 21.9 Å². The van der Waals surface area contributed by atoms with E-state index in [1.165, 1.54) is 25.7 Å². The van der Waals surface area contributed by atoms with E-state index in [0.717, 1.165) is 31.3 Å². The van der Waals surface area contributed by atoms with E-state index in [-0.39, 0.29) is 28.1 Å². The van der Waals surface area contributed by atoms with Gasteiger partial charge in [-0.15, -0.1) is 5.76 Å². The van der Waals surface area contributed by atoms with Gasteiger partial charge in [-0.25, -0.2) is 12.1 Å². The van der Waals surface area contributed by atoms with Crippen LogP contribution in [0.3, 0.4) is 0 Å². The smallest absolute Gasteiger partial charge is 0.875 e. The number of unbranched alkanes of at least 4 members (excludes halogenated alkanes) is 7. The number of allylic oxidation sites excluding steroid dienone is 6. The van der Waals surface area contributed by atoms with Crippen molar-refractivity contribution in [2.45, 2.75) is 64.2 Å². The molecule has 144 valence electrons. The van der Waals surface area contributed by atoms with Crippen molar-refractivity contribution in [3.8, 4) is 0 Å². The van der Waals surface area contributed by atoms with Gasteiger partial charge in [-0.1, -0.05) is 69.2 Å². The second kappa shape index (κ2) is 17.3. The van der Waals surface area contributed by atoms with Crippen molar-refractivity contribution < 1.29 is 27.0 Å². The molecule has 0 aliphatic heterocycles.